The summed E-state index contributed by atoms with van der Waals surface area (Å²) >= 11 is 1.50. The maximum Gasteiger partial charge on any atom is 0.254 e. The van der Waals surface area contributed by atoms with E-state index in [0.29, 0.717) is 11.1 Å². The number of carbonyl (C=O) groups excluding carboxylic acids is 1. The van der Waals surface area contributed by atoms with E-state index in [2.05, 4.69) is 31.8 Å². The number of pyridine rings is 1. The van der Waals surface area contributed by atoms with Crippen molar-refractivity contribution in [1.29, 1.82) is 0 Å². The van der Waals surface area contributed by atoms with Gasteiger partial charge in [0.05, 0.1) is 11.6 Å². The second-order valence-corrected chi connectivity index (χ2v) is 8.95. The number of carbonyl (C=O) groups is 1. The first-order valence-electron chi connectivity index (χ1n) is 10.7. The lowest BCUT2D eigenvalue weighted by molar-refractivity contribution is 0.0951. The number of nitrogens with zero attached hydrogens (tertiary/aromatic N) is 3. The van der Waals surface area contributed by atoms with E-state index in [-0.39, 0.29) is 24.1 Å². The third-order valence-corrected chi connectivity index (χ3v) is 6.73. The van der Waals surface area contributed by atoms with E-state index in [0.717, 1.165) is 38.6 Å². The van der Waals surface area contributed by atoms with Gasteiger partial charge in [-0.25, -0.2) is 9.97 Å². The van der Waals surface area contributed by atoms with Gasteiger partial charge in [0.1, 0.15) is 5.82 Å². The first-order valence-corrected chi connectivity index (χ1v) is 12.0. The summed E-state index contributed by atoms with van der Waals surface area (Å²) in [4.78, 5) is 38.2. The number of H-pyrrole nitrogens is 1. The van der Waals surface area contributed by atoms with Crippen molar-refractivity contribution >= 4 is 28.6 Å². The van der Waals surface area contributed by atoms with Crippen molar-refractivity contribution in [2.75, 3.05) is 6.26 Å². The SMILES string of the molecule is CSc1cc(C)[nH]c(=O)c1CNC(=O)c1c(C)n([C@H](C)c2cnc(C)nc2)c2ccccc12. The largest absolute Gasteiger partial charge is 0.348 e. The summed E-state index contributed by atoms with van der Waals surface area (Å²) < 4.78 is 2.14. The molecule has 1 aromatic carbocycles. The number of thioether (sulfide) groups is 1. The first kappa shape index (κ1) is 22.8. The minimum Gasteiger partial charge on any atom is -0.348 e. The van der Waals surface area contributed by atoms with Crippen molar-refractivity contribution < 1.29 is 4.79 Å². The zero-order valence-electron chi connectivity index (χ0n) is 19.4. The summed E-state index contributed by atoms with van der Waals surface area (Å²) in [6.07, 6.45) is 5.58. The van der Waals surface area contributed by atoms with Crippen LogP contribution in [0.4, 0.5) is 0 Å². The van der Waals surface area contributed by atoms with Crippen molar-refractivity contribution in [1.82, 2.24) is 24.8 Å². The molecular weight excluding hydrogens is 434 g/mol. The standard InChI is InChI=1S/C25H27N5O2S/c1-14-10-22(33-5)20(24(31)29-14)13-28-25(32)23-16(3)30(21-9-7-6-8-19(21)23)15(2)18-11-26-17(4)27-12-18/h6-12,15H,13H2,1-5H3,(H,28,32)(H,29,31)/t15-/m1/s1. The van der Waals surface area contributed by atoms with Crippen LogP contribution in [-0.2, 0) is 6.54 Å². The molecule has 7 nitrogen and oxygen atoms in total. The van der Waals surface area contributed by atoms with Crippen molar-refractivity contribution in [2.24, 2.45) is 0 Å². The molecule has 0 aliphatic rings. The fourth-order valence-corrected chi connectivity index (χ4v) is 4.94. The number of aromatic nitrogens is 4. The molecule has 4 rings (SSSR count). The van der Waals surface area contributed by atoms with Crippen LogP contribution in [0.1, 0.15) is 51.7 Å². The smallest absolute Gasteiger partial charge is 0.254 e. The van der Waals surface area contributed by atoms with Crippen LogP contribution in [0, 0.1) is 20.8 Å². The third kappa shape index (κ3) is 4.30. The molecule has 4 aromatic rings. The van der Waals surface area contributed by atoms with E-state index in [1.807, 2.05) is 69.8 Å². The highest BCUT2D eigenvalue weighted by Gasteiger charge is 2.23. The van der Waals surface area contributed by atoms with Gasteiger partial charge < -0.3 is 14.9 Å². The topological polar surface area (TPSA) is 92.7 Å². The molecular formula is C25H27N5O2S. The van der Waals surface area contributed by atoms with Gasteiger partial charge in [0.2, 0.25) is 0 Å². The van der Waals surface area contributed by atoms with Gasteiger partial charge in [0.25, 0.3) is 11.5 Å². The summed E-state index contributed by atoms with van der Waals surface area (Å²) in [6.45, 7) is 7.89. The third-order valence-electron chi connectivity index (χ3n) is 5.93. The molecule has 0 fully saturated rings. The Morgan fingerprint density at radius 3 is 2.58 bits per heavy atom. The molecule has 1 amide bonds. The molecule has 33 heavy (non-hydrogen) atoms. The Kier molecular flexibility index (Phi) is 6.37. The number of aryl methyl sites for hydroxylation is 2. The van der Waals surface area contributed by atoms with E-state index < -0.39 is 0 Å². The number of benzene rings is 1. The lowest BCUT2D eigenvalue weighted by Gasteiger charge is -2.18. The first-order chi connectivity index (χ1) is 15.8. The van der Waals surface area contributed by atoms with Crippen molar-refractivity contribution in [3.05, 3.63) is 87.0 Å². The zero-order valence-corrected chi connectivity index (χ0v) is 20.2. The quantitative estimate of drug-likeness (QED) is 0.418. The monoisotopic (exact) mass is 461 g/mol. The fourth-order valence-electron chi connectivity index (χ4n) is 4.24. The Bertz CT molecular complexity index is 1390. The van der Waals surface area contributed by atoms with Crippen LogP contribution in [0.15, 0.2) is 52.4 Å². The number of hydrogen-bond donors (Lipinski definition) is 2. The molecule has 0 saturated heterocycles. The summed E-state index contributed by atoms with van der Waals surface area (Å²) in [5, 5.41) is 3.84. The summed E-state index contributed by atoms with van der Waals surface area (Å²) in [5.74, 6) is 0.512. The maximum atomic E-state index is 13.4. The molecule has 0 radical (unpaired) electrons. The molecule has 3 aromatic heterocycles. The number of nitrogens with one attached hydrogen (secondary N) is 2. The summed E-state index contributed by atoms with van der Waals surface area (Å²) in [6, 6.07) is 9.74. The van der Waals surface area contributed by atoms with Gasteiger partial charge in [-0.05, 0) is 46.1 Å². The predicted molar refractivity (Wildman–Crippen MR) is 132 cm³/mol. The van der Waals surface area contributed by atoms with E-state index in [4.69, 9.17) is 0 Å². The minimum absolute atomic E-state index is 0.0555. The Balaban J connectivity index is 1.72. The van der Waals surface area contributed by atoms with Crippen LogP contribution in [0.25, 0.3) is 10.9 Å². The Morgan fingerprint density at radius 1 is 1.18 bits per heavy atom. The van der Waals surface area contributed by atoms with Gasteiger partial charge in [-0.2, -0.15) is 0 Å². The highest BCUT2D eigenvalue weighted by Crippen LogP contribution is 2.31. The van der Waals surface area contributed by atoms with Crippen molar-refractivity contribution in [3.63, 3.8) is 0 Å². The Morgan fingerprint density at radius 2 is 1.88 bits per heavy atom. The molecule has 0 bridgehead atoms. The van der Waals surface area contributed by atoms with Crippen molar-refractivity contribution in [2.45, 2.75) is 45.2 Å². The Hall–Kier alpha value is -3.39. The molecule has 8 heteroatoms. The van der Waals surface area contributed by atoms with Crippen LogP contribution in [-0.4, -0.2) is 31.7 Å². The van der Waals surface area contributed by atoms with Crippen LogP contribution in [0.5, 0.6) is 0 Å². The molecule has 2 N–H and O–H groups in total. The molecule has 1 atom stereocenters. The van der Waals surface area contributed by atoms with Crippen LogP contribution >= 0.6 is 11.8 Å². The van der Waals surface area contributed by atoms with Gasteiger partial charge in [-0.15, -0.1) is 11.8 Å². The second kappa shape index (κ2) is 9.23. The number of para-hydroxylation sites is 1. The zero-order chi connectivity index (χ0) is 23.7. The maximum absolute atomic E-state index is 13.4. The highest BCUT2D eigenvalue weighted by molar-refractivity contribution is 7.98. The van der Waals surface area contributed by atoms with Crippen molar-refractivity contribution in [3.8, 4) is 0 Å². The van der Waals surface area contributed by atoms with Gasteiger partial charge >= 0.3 is 0 Å². The minimum atomic E-state index is -0.207. The van der Waals surface area contributed by atoms with Gasteiger partial charge in [0, 0.05) is 57.3 Å². The molecule has 0 unspecified atom stereocenters. The van der Waals surface area contributed by atoms with E-state index in [1.165, 1.54) is 11.8 Å². The number of aromatic amines is 1. The second-order valence-electron chi connectivity index (χ2n) is 8.10. The molecule has 170 valence electrons. The van der Waals surface area contributed by atoms with E-state index >= 15 is 0 Å². The van der Waals surface area contributed by atoms with Crippen LogP contribution in [0.2, 0.25) is 0 Å². The van der Waals surface area contributed by atoms with E-state index in [1.54, 1.807) is 0 Å². The normalized spacial score (nSPS) is 12.2. The average Bonchev–Trinajstić information content (AvgIpc) is 3.09. The molecule has 0 saturated carbocycles. The fraction of sp³-hybridized carbons (Fsp3) is 0.280. The highest BCUT2D eigenvalue weighted by atomic mass is 32.2. The number of fused-ring (bicyclic) bond motifs is 1. The summed E-state index contributed by atoms with van der Waals surface area (Å²) in [5.41, 5.74) is 4.58. The lowest BCUT2D eigenvalue weighted by atomic mass is 10.1. The average molecular weight is 462 g/mol. The molecule has 3 heterocycles. The number of amides is 1. The Labute approximate surface area is 196 Å². The lowest BCUT2D eigenvalue weighted by Crippen LogP contribution is -2.28. The van der Waals surface area contributed by atoms with Crippen LogP contribution < -0.4 is 10.9 Å². The molecule has 0 aliphatic carbocycles. The van der Waals surface area contributed by atoms with Gasteiger partial charge in [0.15, 0.2) is 0 Å². The van der Waals surface area contributed by atoms with Gasteiger partial charge in [-0.1, -0.05) is 18.2 Å². The molecule has 0 spiro atoms. The van der Waals surface area contributed by atoms with Crippen LogP contribution in [0.3, 0.4) is 0 Å². The number of hydrogen-bond acceptors (Lipinski definition) is 5. The number of rotatable bonds is 6. The summed E-state index contributed by atoms with van der Waals surface area (Å²) in [7, 11) is 0. The molecule has 0 aliphatic heterocycles. The van der Waals surface area contributed by atoms with Gasteiger partial charge in [-0.3, -0.25) is 9.59 Å². The van der Waals surface area contributed by atoms with E-state index in [9.17, 15) is 9.59 Å². The predicted octanol–water partition coefficient (Wildman–Crippen LogP) is 4.31.